The van der Waals surface area contributed by atoms with Gasteiger partial charge in [-0.1, -0.05) is 0 Å². The van der Waals surface area contributed by atoms with E-state index in [0.717, 1.165) is 18.3 Å². The average molecular weight is 292 g/mol. The number of anilines is 1. The molecule has 0 saturated carbocycles. The van der Waals surface area contributed by atoms with Crippen LogP contribution >= 0.6 is 0 Å². The molecule has 3 rings (SSSR count). The zero-order chi connectivity index (χ0) is 13.8. The van der Waals surface area contributed by atoms with E-state index >= 15 is 0 Å². The van der Waals surface area contributed by atoms with Gasteiger partial charge in [-0.3, -0.25) is 0 Å². The zero-order valence-corrected chi connectivity index (χ0v) is 10.6. The maximum Gasteiger partial charge on any atom is 0.416 e. The average Bonchev–Trinajstić information content (AvgIpc) is 2.83. The molecule has 0 amide bonds. The number of rotatable bonds is 1. The van der Waals surface area contributed by atoms with Crippen LogP contribution in [0.5, 0.6) is 0 Å². The smallest absolute Gasteiger partial charge is 0.351 e. The van der Waals surface area contributed by atoms with Crippen LogP contribution in [0.4, 0.5) is 19.0 Å². The van der Waals surface area contributed by atoms with Crippen molar-refractivity contribution in [1.29, 1.82) is 0 Å². The Morgan fingerprint density at radius 1 is 1.37 bits per heavy atom. The molecular weight excluding hydrogens is 281 g/mol. The quantitative estimate of drug-likeness (QED) is 0.786. The highest BCUT2D eigenvalue weighted by Crippen LogP contribution is 2.37. The molecule has 2 fully saturated rings. The van der Waals surface area contributed by atoms with E-state index in [1.165, 1.54) is 0 Å². The van der Waals surface area contributed by atoms with Crippen LogP contribution in [0.1, 0.15) is 12.0 Å². The second-order valence-corrected chi connectivity index (χ2v) is 7.22. The van der Waals surface area contributed by atoms with Crippen molar-refractivity contribution in [3.63, 3.8) is 0 Å². The van der Waals surface area contributed by atoms with Crippen LogP contribution in [-0.2, 0) is 16.0 Å². The molecule has 2 unspecified atom stereocenters. The van der Waals surface area contributed by atoms with E-state index in [2.05, 4.69) is 4.98 Å². The number of alkyl halides is 3. The summed E-state index contributed by atoms with van der Waals surface area (Å²) < 4.78 is 61.1. The van der Waals surface area contributed by atoms with Gasteiger partial charge in [0.15, 0.2) is 9.84 Å². The monoisotopic (exact) mass is 292 g/mol. The second-order valence-electron chi connectivity index (χ2n) is 4.89. The molecule has 0 spiro atoms. The Bertz CT molecular complexity index is 615. The maximum absolute atomic E-state index is 12.6. The molecular formula is C11H11F3N2O2S. The topological polar surface area (TPSA) is 50.3 Å². The van der Waals surface area contributed by atoms with Gasteiger partial charge >= 0.3 is 6.18 Å². The first-order valence-electron chi connectivity index (χ1n) is 5.79. The van der Waals surface area contributed by atoms with Gasteiger partial charge in [0.25, 0.3) is 0 Å². The molecule has 2 saturated heterocycles. The number of hydrogen-bond donors (Lipinski definition) is 0. The van der Waals surface area contributed by atoms with Crippen molar-refractivity contribution in [2.75, 3.05) is 17.2 Å². The summed E-state index contributed by atoms with van der Waals surface area (Å²) >= 11 is 0. The standard InChI is InChI=1S/C11H11F3N2O2S/c12-11(13,14)7-1-2-15-10(3-7)16-5-9-4-8(16)6-19(9,17)18/h1-3,8-9H,4-6H2. The minimum absolute atomic E-state index is 0.00952. The van der Waals surface area contributed by atoms with Crippen LogP contribution in [0.2, 0.25) is 0 Å². The highest BCUT2D eigenvalue weighted by Gasteiger charge is 2.49. The van der Waals surface area contributed by atoms with E-state index in [0.29, 0.717) is 6.42 Å². The summed E-state index contributed by atoms with van der Waals surface area (Å²) in [5.74, 6) is 0.215. The lowest BCUT2D eigenvalue weighted by molar-refractivity contribution is -0.137. The summed E-state index contributed by atoms with van der Waals surface area (Å²) in [7, 11) is -3.06. The third-order valence-corrected chi connectivity index (χ3v) is 5.88. The van der Waals surface area contributed by atoms with Crippen LogP contribution in [0.3, 0.4) is 0 Å². The van der Waals surface area contributed by atoms with E-state index < -0.39 is 26.8 Å². The van der Waals surface area contributed by atoms with E-state index in [-0.39, 0.29) is 24.2 Å². The van der Waals surface area contributed by atoms with Gasteiger partial charge in [-0.15, -0.1) is 0 Å². The number of aromatic nitrogens is 1. The van der Waals surface area contributed by atoms with Gasteiger partial charge in [-0.2, -0.15) is 13.2 Å². The number of hydrogen-bond acceptors (Lipinski definition) is 4. The summed E-state index contributed by atoms with van der Waals surface area (Å²) in [6.07, 6.45) is -2.82. The number of nitrogens with zero attached hydrogens (tertiary/aromatic N) is 2. The van der Waals surface area contributed by atoms with E-state index in [1.807, 2.05) is 0 Å². The van der Waals surface area contributed by atoms with Crippen LogP contribution in [0, 0.1) is 0 Å². The third-order valence-electron chi connectivity index (χ3n) is 3.68. The second kappa shape index (κ2) is 3.84. The Balaban J connectivity index is 1.90. The van der Waals surface area contributed by atoms with Crippen molar-refractivity contribution >= 4 is 15.7 Å². The molecule has 0 N–H and O–H groups in total. The summed E-state index contributed by atoms with van der Waals surface area (Å²) in [6, 6.07) is 1.65. The van der Waals surface area contributed by atoms with Crippen molar-refractivity contribution in [2.24, 2.45) is 0 Å². The van der Waals surface area contributed by atoms with Gasteiger partial charge in [-0.25, -0.2) is 13.4 Å². The highest BCUT2D eigenvalue weighted by molar-refractivity contribution is 7.92. The van der Waals surface area contributed by atoms with Gasteiger partial charge in [0.1, 0.15) is 5.82 Å². The lowest BCUT2D eigenvalue weighted by atomic mass is 10.2. The van der Waals surface area contributed by atoms with E-state index in [9.17, 15) is 21.6 Å². The molecule has 3 heterocycles. The Hall–Kier alpha value is -1.31. The largest absolute Gasteiger partial charge is 0.416 e. The zero-order valence-electron chi connectivity index (χ0n) is 9.76. The lowest BCUT2D eigenvalue weighted by Crippen LogP contribution is -2.41. The molecule has 0 aliphatic carbocycles. The predicted octanol–water partition coefficient (Wildman–Crippen LogP) is 1.48. The van der Waals surface area contributed by atoms with Gasteiger partial charge in [0.05, 0.1) is 16.6 Å². The summed E-state index contributed by atoms with van der Waals surface area (Å²) in [5.41, 5.74) is -0.761. The van der Waals surface area contributed by atoms with Crippen molar-refractivity contribution in [3.8, 4) is 0 Å². The maximum atomic E-state index is 12.6. The van der Waals surface area contributed by atoms with Crippen molar-refractivity contribution in [1.82, 2.24) is 4.98 Å². The van der Waals surface area contributed by atoms with Gasteiger partial charge < -0.3 is 4.90 Å². The molecule has 0 radical (unpaired) electrons. The normalized spacial score (nSPS) is 28.9. The van der Waals surface area contributed by atoms with Crippen LogP contribution < -0.4 is 4.90 Å². The number of pyridine rings is 1. The molecule has 1 aromatic rings. The van der Waals surface area contributed by atoms with Gasteiger partial charge in [0.2, 0.25) is 0 Å². The first kappa shape index (κ1) is 12.7. The van der Waals surface area contributed by atoms with Gasteiger partial charge in [0, 0.05) is 18.8 Å². The summed E-state index contributed by atoms with van der Waals surface area (Å²) in [4.78, 5) is 5.60. The molecule has 2 atom stereocenters. The summed E-state index contributed by atoms with van der Waals surface area (Å²) in [5, 5.41) is -0.464. The van der Waals surface area contributed by atoms with Crippen LogP contribution in [-0.4, -0.2) is 37.0 Å². The minimum Gasteiger partial charge on any atom is -0.351 e. The molecule has 2 aliphatic rings. The van der Waals surface area contributed by atoms with Crippen molar-refractivity contribution < 1.29 is 21.6 Å². The first-order chi connectivity index (χ1) is 8.77. The molecule has 19 heavy (non-hydrogen) atoms. The third kappa shape index (κ3) is 2.07. The lowest BCUT2D eigenvalue weighted by Gasteiger charge is -2.28. The summed E-state index contributed by atoms with van der Waals surface area (Å²) in [6.45, 7) is 0.237. The highest BCUT2D eigenvalue weighted by atomic mass is 32.2. The predicted molar refractivity (Wildman–Crippen MR) is 62.6 cm³/mol. The Morgan fingerprint density at radius 3 is 2.63 bits per heavy atom. The SMILES string of the molecule is O=S1(=O)CC2CC1CN2c1cc(C(F)(F)F)ccn1. The molecule has 1 aromatic heterocycles. The molecule has 0 aromatic carbocycles. The molecule has 2 bridgehead atoms. The van der Waals surface area contributed by atoms with Gasteiger partial charge in [-0.05, 0) is 18.6 Å². The molecule has 2 aliphatic heterocycles. The van der Waals surface area contributed by atoms with Crippen LogP contribution in [0.25, 0.3) is 0 Å². The Morgan fingerprint density at radius 2 is 2.11 bits per heavy atom. The molecule has 4 nitrogen and oxygen atoms in total. The fourth-order valence-electron chi connectivity index (χ4n) is 2.73. The number of halogens is 3. The fourth-order valence-corrected chi connectivity index (χ4v) is 4.76. The van der Waals surface area contributed by atoms with Crippen LogP contribution in [0.15, 0.2) is 18.3 Å². The van der Waals surface area contributed by atoms with Crippen molar-refractivity contribution in [2.45, 2.75) is 23.9 Å². The Labute approximate surface area is 108 Å². The number of sulfone groups is 1. The Kier molecular flexibility index (Phi) is 2.57. The number of fused-ring (bicyclic) bond motifs is 2. The first-order valence-corrected chi connectivity index (χ1v) is 7.50. The van der Waals surface area contributed by atoms with E-state index in [4.69, 9.17) is 0 Å². The fraction of sp³-hybridized carbons (Fsp3) is 0.545. The van der Waals surface area contributed by atoms with Crippen molar-refractivity contribution in [3.05, 3.63) is 23.9 Å². The van der Waals surface area contributed by atoms with E-state index in [1.54, 1.807) is 4.90 Å². The minimum atomic E-state index is -4.41. The molecule has 8 heteroatoms. The molecule has 104 valence electrons.